The number of ether oxygens (including phenoxy) is 1. The van der Waals surface area contributed by atoms with Crippen molar-refractivity contribution < 1.29 is 14.5 Å². The molecule has 0 atom stereocenters. The summed E-state index contributed by atoms with van der Waals surface area (Å²) >= 11 is 1.74. The van der Waals surface area contributed by atoms with Gasteiger partial charge in [0, 0.05) is 51.0 Å². The molecule has 0 amide bonds. The number of rotatable bonds is 10. The molecule has 180 valence electrons. The predicted octanol–water partition coefficient (Wildman–Crippen LogP) is 6.73. The van der Waals surface area contributed by atoms with Crippen LogP contribution in [0.2, 0.25) is 0 Å². The van der Waals surface area contributed by atoms with Gasteiger partial charge in [-0.05, 0) is 29.8 Å². The molecule has 0 aliphatic heterocycles. The van der Waals surface area contributed by atoms with Crippen LogP contribution in [-0.4, -0.2) is 35.3 Å². The maximum absolute atomic E-state index is 13.0. The lowest BCUT2D eigenvalue weighted by Gasteiger charge is -2.22. The Hall–Kier alpha value is -4.07. The molecule has 0 fully saturated rings. The molecule has 5 aromatic rings. The highest BCUT2D eigenvalue weighted by molar-refractivity contribution is 7.25. The molecule has 36 heavy (non-hydrogen) atoms. The second kappa shape index (κ2) is 10.7. The molecule has 0 radical (unpaired) electrons. The largest absolute Gasteiger partial charge is 0.492 e. The summed E-state index contributed by atoms with van der Waals surface area (Å²) in [6, 6.07) is 30.3. The Morgan fingerprint density at radius 1 is 0.861 bits per heavy atom. The van der Waals surface area contributed by atoms with Crippen molar-refractivity contribution in [2.75, 3.05) is 19.7 Å². The van der Waals surface area contributed by atoms with Crippen LogP contribution in [0.3, 0.4) is 0 Å². The number of nitro benzene ring substituents is 1. The average Bonchev–Trinajstić information content (AvgIpc) is 3.27. The molecule has 0 bridgehead atoms. The number of carbonyl (C=O) groups is 1. The molecule has 0 aliphatic carbocycles. The van der Waals surface area contributed by atoms with E-state index in [1.807, 2.05) is 47.4 Å². The maximum Gasteiger partial charge on any atom is 0.270 e. The summed E-state index contributed by atoms with van der Waals surface area (Å²) < 4.78 is 8.51. The third-order valence-corrected chi connectivity index (χ3v) is 7.16. The van der Waals surface area contributed by atoms with Crippen LogP contribution in [0, 0.1) is 10.1 Å². The van der Waals surface area contributed by atoms with Crippen molar-refractivity contribution in [3.63, 3.8) is 0 Å². The van der Waals surface area contributed by atoms with Crippen molar-refractivity contribution in [2.45, 2.75) is 6.54 Å². The molecule has 7 heteroatoms. The van der Waals surface area contributed by atoms with Gasteiger partial charge in [0.1, 0.15) is 12.4 Å². The minimum Gasteiger partial charge on any atom is -0.492 e. The molecule has 4 aromatic carbocycles. The van der Waals surface area contributed by atoms with Crippen LogP contribution in [0.5, 0.6) is 5.75 Å². The van der Waals surface area contributed by atoms with Crippen molar-refractivity contribution >= 4 is 43.0 Å². The fourth-order valence-electron chi connectivity index (χ4n) is 4.23. The predicted molar refractivity (Wildman–Crippen MR) is 144 cm³/mol. The van der Waals surface area contributed by atoms with Gasteiger partial charge in [0.2, 0.25) is 0 Å². The molecule has 1 aromatic heterocycles. The topological polar surface area (TPSA) is 72.7 Å². The lowest BCUT2D eigenvalue weighted by molar-refractivity contribution is -0.384. The zero-order valence-electron chi connectivity index (χ0n) is 19.5. The lowest BCUT2D eigenvalue weighted by Crippen LogP contribution is -2.33. The highest BCUT2D eigenvalue weighted by Crippen LogP contribution is 2.35. The van der Waals surface area contributed by atoms with E-state index in [0.29, 0.717) is 25.3 Å². The number of thiophene rings is 1. The minimum absolute atomic E-state index is 0.0876. The third kappa shape index (κ3) is 5.43. The highest BCUT2D eigenvalue weighted by Gasteiger charge is 2.16. The van der Waals surface area contributed by atoms with Crippen LogP contribution >= 0.6 is 11.3 Å². The molecule has 0 saturated heterocycles. The van der Waals surface area contributed by atoms with Gasteiger partial charge < -0.3 is 4.74 Å². The molecule has 0 aliphatic rings. The first-order valence-corrected chi connectivity index (χ1v) is 12.5. The van der Waals surface area contributed by atoms with Crippen LogP contribution < -0.4 is 4.74 Å². The van der Waals surface area contributed by atoms with E-state index in [4.69, 9.17) is 4.74 Å². The number of hydrogen-bond acceptors (Lipinski definition) is 6. The summed E-state index contributed by atoms with van der Waals surface area (Å²) in [6.07, 6.45) is 0. The number of hydrogen-bond donors (Lipinski definition) is 0. The van der Waals surface area contributed by atoms with Crippen molar-refractivity contribution in [1.82, 2.24) is 4.90 Å². The zero-order valence-corrected chi connectivity index (χ0v) is 20.3. The van der Waals surface area contributed by atoms with Crippen molar-refractivity contribution in [1.29, 1.82) is 0 Å². The smallest absolute Gasteiger partial charge is 0.270 e. The number of nitro groups is 1. The summed E-state index contributed by atoms with van der Waals surface area (Å²) in [5, 5.41) is 13.6. The first-order valence-electron chi connectivity index (χ1n) is 11.6. The first-order chi connectivity index (χ1) is 17.6. The van der Waals surface area contributed by atoms with Gasteiger partial charge in [0.15, 0.2) is 5.78 Å². The Bertz CT molecular complexity index is 1530. The fourth-order valence-corrected chi connectivity index (χ4v) is 5.37. The molecular formula is C29H24N2O4S. The Labute approximate surface area is 212 Å². The number of nitrogens with zero attached hydrogens (tertiary/aromatic N) is 2. The molecule has 5 rings (SSSR count). The molecule has 0 N–H and O–H groups in total. The van der Waals surface area contributed by atoms with Crippen molar-refractivity contribution in [2.24, 2.45) is 0 Å². The van der Waals surface area contributed by atoms with Crippen molar-refractivity contribution in [3.8, 4) is 5.75 Å². The Morgan fingerprint density at radius 3 is 2.47 bits per heavy atom. The van der Waals surface area contributed by atoms with E-state index in [1.165, 1.54) is 32.3 Å². The minimum atomic E-state index is -0.486. The number of ketones is 1. The molecule has 1 heterocycles. The monoisotopic (exact) mass is 496 g/mol. The van der Waals surface area contributed by atoms with E-state index >= 15 is 0 Å². The zero-order chi connectivity index (χ0) is 24.9. The number of carbonyl (C=O) groups excluding carboxylic acids is 1. The molecular weight excluding hydrogens is 472 g/mol. The van der Waals surface area contributed by atoms with Crippen LogP contribution in [0.1, 0.15) is 15.9 Å². The second-order valence-electron chi connectivity index (χ2n) is 8.53. The number of benzene rings is 4. The van der Waals surface area contributed by atoms with E-state index in [0.717, 1.165) is 11.3 Å². The highest BCUT2D eigenvalue weighted by atomic mass is 32.1. The van der Waals surface area contributed by atoms with Gasteiger partial charge >= 0.3 is 0 Å². The van der Waals surface area contributed by atoms with Gasteiger partial charge in [-0.3, -0.25) is 19.8 Å². The number of non-ortho nitro benzene ring substituents is 1. The summed E-state index contributed by atoms with van der Waals surface area (Å²) in [6.45, 7) is 1.64. The summed E-state index contributed by atoms with van der Waals surface area (Å²) in [5.41, 5.74) is 1.32. The Kier molecular flexibility index (Phi) is 7.02. The lowest BCUT2D eigenvalue weighted by atomic mass is 10.1. The van der Waals surface area contributed by atoms with Crippen LogP contribution in [-0.2, 0) is 6.54 Å². The Morgan fingerprint density at radius 2 is 1.64 bits per heavy atom. The standard InChI is InChI=1S/C29H24N2O4S/c32-27(22-9-6-10-23(17-22)31(33)34)20-30(19-21-7-2-1-3-8-21)15-16-35-24-13-14-26-25-11-4-5-12-28(25)36-29(26)18-24/h1-14,17-18H,15-16,19-20H2. The van der Waals surface area contributed by atoms with Crippen LogP contribution in [0.25, 0.3) is 20.2 Å². The SMILES string of the molecule is O=C(CN(CCOc1ccc2c(c1)sc1ccccc12)Cc1ccccc1)c1cccc([N+](=O)[O-])c1. The fraction of sp³-hybridized carbons (Fsp3) is 0.138. The van der Waals surface area contributed by atoms with E-state index in [9.17, 15) is 14.9 Å². The van der Waals surface area contributed by atoms with E-state index < -0.39 is 4.92 Å². The first kappa shape index (κ1) is 23.7. The third-order valence-electron chi connectivity index (χ3n) is 6.02. The van der Waals surface area contributed by atoms with Gasteiger partial charge in [0.05, 0.1) is 11.5 Å². The van der Waals surface area contributed by atoms with E-state index in [2.05, 4.69) is 30.3 Å². The number of fused-ring (bicyclic) bond motifs is 3. The van der Waals surface area contributed by atoms with Crippen LogP contribution in [0.15, 0.2) is 97.1 Å². The quantitative estimate of drug-likeness (QED) is 0.122. The molecule has 6 nitrogen and oxygen atoms in total. The molecule has 0 saturated carbocycles. The van der Waals surface area contributed by atoms with Gasteiger partial charge in [-0.2, -0.15) is 0 Å². The Balaban J connectivity index is 1.28. The van der Waals surface area contributed by atoms with Gasteiger partial charge in [-0.25, -0.2) is 0 Å². The molecule has 0 unspecified atom stereocenters. The maximum atomic E-state index is 13.0. The van der Waals surface area contributed by atoms with Gasteiger partial charge in [-0.15, -0.1) is 11.3 Å². The van der Waals surface area contributed by atoms with Gasteiger partial charge in [0.25, 0.3) is 5.69 Å². The molecule has 0 spiro atoms. The van der Waals surface area contributed by atoms with E-state index in [1.54, 1.807) is 23.5 Å². The van der Waals surface area contributed by atoms with E-state index in [-0.39, 0.29) is 18.0 Å². The second-order valence-corrected chi connectivity index (χ2v) is 9.62. The summed E-state index contributed by atoms with van der Waals surface area (Å²) in [7, 11) is 0. The van der Waals surface area contributed by atoms with Crippen LogP contribution in [0.4, 0.5) is 5.69 Å². The van der Waals surface area contributed by atoms with Gasteiger partial charge in [-0.1, -0.05) is 60.7 Å². The number of Topliss-reactive ketones (excluding diaryl/α,β-unsaturated/α-hetero) is 1. The summed E-state index contributed by atoms with van der Waals surface area (Å²) in [5.74, 6) is 0.625. The van der Waals surface area contributed by atoms with Crippen molar-refractivity contribution in [3.05, 3.63) is 118 Å². The average molecular weight is 497 g/mol. The normalized spacial score (nSPS) is 11.2. The summed E-state index contributed by atoms with van der Waals surface area (Å²) in [4.78, 5) is 25.6.